The zero-order chi connectivity index (χ0) is 23.6. The number of hydrogen-bond acceptors (Lipinski definition) is 5. The van der Waals surface area contributed by atoms with E-state index in [1.165, 1.54) is 11.1 Å². The Kier molecular flexibility index (Phi) is 15.8. The second-order valence-electron chi connectivity index (χ2n) is 9.10. The van der Waals surface area contributed by atoms with Crippen LogP contribution in [-0.4, -0.2) is 55.4 Å². The predicted molar refractivity (Wildman–Crippen MR) is 160 cm³/mol. The summed E-state index contributed by atoms with van der Waals surface area (Å²) in [6, 6.07) is 29.6. The van der Waals surface area contributed by atoms with Crippen LogP contribution in [0.5, 0.6) is 5.75 Å². The summed E-state index contributed by atoms with van der Waals surface area (Å²) < 4.78 is 6.07. The fraction of sp³-hybridized carbons (Fsp3) is 0.379. The van der Waals surface area contributed by atoms with Gasteiger partial charge in [0.15, 0.2) is 0 Å². The normalized spacial score (nSPS) is 16.9. The molecule has 8 heteroatoms. The molecule has 3 atom stereocenters. The SMILES string of the molecule is CC(Cc1ccc(OCCN2CCNCC2c2ccccc2)cc1)NCC(O)c1ccccc1.Cl.Cl.Cl. The van der Waals surface area contributed by atoms with Crippen LogP contribution in [0.15, 0.2) is 84.9 Å². The van der Waals surface area contributed by atoms with Crippen molar-refractivity contribution in [3.05, 3.63) is 102 Å². The van der Waals surface area contributed by atoms with Crippen molar-refractivity contribution in [3.8, 4) is 5.75 Å². The molecule has 0 amide bonds. The van der Waals surface area contributed by atoms with Crippen LogP contribution >= 0.6 is 37.2 Å². The van der Waals surface area contributed by atoms with Crippen molar-refractivity contribution in [3.63, 3.8) is 0 Å². The van der Waals surface area contributed by atoms with Gasteiger partial charge in [-0.15, -0.1) is 37.2 Å². The first-order valence-electron chi connectivity index (χ1n) is 12.4. The van der Waals surface area contributed by atoms with Crippen LogP contribution in [0.1, 0.15) is 35.8 Å². The zero-order valence-electron chi connectivity index (χ0n) is 21.3. The number of halogens is 3. The fourth-order valence-corrected chi connectivity index (χ4v) is 4.55. The highest BCUT2D eigenvalue weighted by Gasteiger charge is 2.23. The van der Waals surface area contributed by atoms with E-state index in [1.807, 2.05) is 30.3 Å². The van der Waals surface area contributed by atoms with Gasteiger partial charge in [-0.05, 0) is 42.2 Å². The molecule has 0 aliphatic carbocycles. The maximum Gasteiger partial charge on any atom is 0.119 e. The lowest BCUT2D eigenvalue weighted by atomic mass is 10.0. The molecule has 204 valence electrons. The monoisotopic (exact) mass is 567 g/mol. The molecular weight excluding hydrogens is 529 g/mol. The molecule has 5 nitrogen and oxygen atoms in total. The summed E-state index contributed by atoms with van der Waals surface area (Å²) in [4.78, 5) is 2.51. The maximum absolute atomic E-state index is 10.3. The highest BCUT2D eigenvalue weighted by Crippen LogP contribution is 2.22. The summed E-state index contributed by atoms with van der Waals surface area (Å²) in [7, 11) is 0. The number of hydrogen-bond donors (Lipinski definition) is 3. The Morgan fingerprint density at radius 2 is 1.59 bits per heavy atom. The summed E-state index contributed by atoms with van der Waals surface area (Å²) in [5, 5.41) is 17.3. The maximum atomic E-state index is 10.3. The molecule has 1 aliphatic heterocycles. The topological polar surface area (TPSA) is 56.8 Å². The van der Waals surface area contributed by atoms with Crippen LogP contribution in [0, 0.1) is 0 Å². The molecule has 3 aromatic carbocycles. The van der Waals surface area contributed by atoms with E-state index in [-0.39, 0.29) is 43.3 Å². The molecule has 3 unspecified atom stereocenters. The first-order chi connectivity index (χ1) is 16.7. The third kappa shape index (κ3) is 10.5. The summed E-state index contributed by atoms with van der Waals surface area (Å²) in [6.45, 7) is 7.32. The highest BCUT2D eigenvalue weighted by atomic mass is 35.5. The van der Waals surface area contributed by atoms with Gasteiger partial charge in [0.2, 0.25) is 0 Å². The first kappa shape index (κ1) is 33.2. The predicted octanol–water partition coefficient (Wildman–Crippen LogP) is 5.23. The number of ether oxygens (including phenoxy) is 1. The Labute approximate surface area is 240 Å². The third-order valence-electron chi connectivity index (χ3n) is 6.50. The van der Waals surface area contributed by atoms with Crippen LogP contribution in [0.3, 0.4) is 0 Å². The lowest BCUT2D eigenvalue weighted by Crippen LogP contribution is -2.47. The van der Waals surface area contributed by atoms with Gasteiger partial charge in [0.1, 0.15) is 12.4 Å². The van der Waals surface area contributed by atoms with E-state index in [0.29, 0.717) is 19.2 Å². The largest absolute Gasteiger partial charge is 0.492 e. The lowest BCUT2D eigenvalue weighted by Gasteiger charge is -2.36. The van der Waals surface area contributed by atoms with Gasteiger partial charge in [0, 0.05) is 44.8 Å². The van der Waals surface area contributed by atoms with Crippen LogP contribution in [0.2, 0.25) is 0 Å². The number of aliphatic hydroxyl groups excluding tert-OH is 1. The Bertz CT molecular complexity index is 981. The van der Waals surface area contributed by atoms with E-state index in [1.54, 1.807) is 0 Å². The summed E-state index contributed by atoms with van der Waals surface area (Å²) in [6.07, 6.45) is 0.415. The van der Waals surface area contributed by atoms with Crippen molar-refractivity contribution in [1.29, 1.82) is 0 Å². The molecule has 0 spiro atoms. The molecule has 1 saturated heterocycles. The minimum atomic E-state index is -0.489. The average Bonchev–Trinajstić information content (AvgIpc) is 2.89. The average molecular weight is 569 g/mol. The molecule has 0 saturated carbocycles. The molecular formula is C29H40Cl3N3O2. The number of benzene rings is 3. The van der Waals surface area contributed by atoms with E-state index >= 15 is 0 Å². The van der Waals surface area contributed by atoms with E-state index in [2.05, 4.69) is 77.1 Å². The molecule has 0 aromatic heterocycles. The Morgan fingerprint density at radius 1 is 0.946 bits per heavy atom. The van der Waals surface area contributed by atoms with Gasteiger partial charge in [-0.3, -0.25) is 4.90 Å². The Hall–Kier alpha value is -1.83. The molecule has 3 aromatic rings. The molecule has 3 N–H and O–H groups in total. The molecule has 1 heterocycles. The number of nitrogens with zero attached hydrogens (tertiary/aromatic N) is 1. The van der Waals surface area contributed by atoms with Crippen molar-refractivity contribution in [2.75, 3.05) is 39.3 Å². The van der Waals surface area contributed by atoms with Crippen molar-refractivity contribution in [2.24, 2.45) is 0 Å². The van der Waals surface area contributed by atoms with E-state index in [0.717, 1.165) is 43.9 Å². The molecule has 0 radical (unpaired) electrons. The van der Waals surface area contributed by atoms with Crippen molar-refractivity contribution in [1.82, 2.24) is 15.5 Å². The van der Waals surface area contributed by atoms with E-state index in [4.69, 9.17) is 4.74 Å². The van der Waals surface area contributed by atoms with Gasteiger partial charge >= 0.3 is 0 Å². The van der Waals surface area contributed by atoms with Gasteiger partial charge in [-0.25, -0.2) is 0 Å². The van der Waals surface area contributed by atoms with Crippen LogP contribution in [0.4, 0.5) is 0 Å². The molecule has 4 rings (SSSR count). The summed E-state index contributed by atoms with van der Waals surface area (Å²) >= 11 is 0. The quantitative estimate of drug-likeness (QED) is 0.296. The second kappa shape index (κ2) is 17.6. The fourth-order valence-electron chi connectivity index (χ4n) is 4.55. The zero-order valence-corrected chi connectivity index (χ0v) is 23.7. The number of rotatable bonds is 11. The van der Waals surface area contributed by atoms with Crippen molar-refractivity contribution < 1.29 is 9.84 Å². The molecule has 0 bridgehead atoms. The standard InChI is InChI=1S/C29H37N3O2.3ClH/c1-23(31-22-29(33)26-10-6-3-7-11-26)20-24-12-14-27(15-13-24)34-19-18-32-17-16-30-21-28(32)25-8-4-2-5-9-25;;;/h2-15,23,28-31,33H,16-22H2,1H3;3*1H. The van der Waals surface area contributed by atoms with E-state index < -0.39 is 6.10 Å². The number of aliphatic hydroxyl groups is 1. The van der Waals surface area contributed by atoms with Gasteiger partial charge in [0.05, 0.1) is 6.10 Å². The molecule has 37 heavy (non-hydrogen) atoms. The summed E-state index contributed by atoms with van der Waals surface area (Å²) in [5.74, 6) is 0.912. The van der Waals surface area contributed by atoms with Gasteiger partial charge in [-0.2, -0.15) is 0 Å². The Morgan fingerprint density at radius 3 is 2.27 bits per heavy atom. The van der Waals surface area contributed by atoms with Gasteiger partial charge in [0.25, 0.3) is 0 Å². The first-order valence-corrected chi connectivity index (χ1v) is 12.4. The summed E-state index contributed by atoms with van der Waals surface area (Å²) in [5.41, 5.74) is 3.56. The minimum Gasteiger partial charge on any atom is -0.492 e. The van der Waals surface area contributed by atoms with Crippen molar-refractivity contribution in [2.45, 2.75) is 31.5 Å². The molecule has 1 fully saturated rings. The minimum absolute atomic E-state index is 0. The number of piperazine rings is 1. The second-order valence-corrected chi connectivity index (χ2v) is 9.10. The number of nitrogens with one attached hydrogen (secondary N) is 2. The third-order valence-corrected chi connectivity index (χ3v) is 6.50. The lowest BCUT2D eigenvalue weighted by molar-refractivity contribution is 0.134. The van der Waals surface area contributed by atoms with Gasteiger partial charge < -0.3 is 20.5 Å². The van der Waals surface area contributed by atoms with Crippen molar-refractivity contribution >= 4 is 37.2 Å². The Balaban J connectivity index is 0.00000228. The van der Waals surface area contributed by atoms with Crippen LogP contribution in [0.25, 0.3) is 0 Å². The van der Waals surface area contributed by atoms with E-state index in [9.17, 15) is 5.11 Å². The van der Waals surface area contributed by atoms with Crippen LogP contribution < -0.4 is 15.4 Å². The van der Waals surface area contributed by atoms with Gasteiger partial charge in [-0.1, -0.05) is 72.8 Å². The molecule has 1 aliphatic rings. The smallest absolute Gasteiger partial charge is 0.119 e. The highest BCUT2D eigenvalue weighted by molar-refractivity contribution is 5.86. The van der Waals surface area contributed by atoms with Crippen LogP contribution in [-0.2, 0) is 6.42 Å².